The summed E-state index contributed by atoms with van der Waals surface area (Å²) >= 11 is 6.28. The Morgan fingerprint density at radius 1 is 1.03 bits per heavy atom. The first-order valence-corrected chi connectivity index (χ1v) is 9.95. The van der Waals surface area contributed by atoms with E-state index in [4.69, 9.17) is 30.5 Å². The van der Waals surface area contributed by atoms with Crippen molar-refractivity contribution in [3.05, 3.63) is 52.6 Å². The van der Waals surface area contributed by atoms with Crippen LogP contribution in [-0.2, 0) is 11.2 Å². The van der Waals surface area contributed by atoms with Crippen molar-refractivity contribution < 1.29 is 23.7 Å². The summed E-state index contributed by atoms with van der Waals surface area (Å²) in [7, 11) is 6.52. The van der Waals surface area contributed by atoms with Gasteiger partial charge < -0.3 is 23.8 Å². The predicted octanol–water partition coefficient (Wildman–Crippen LogP) is 4.48. The second kappa shape index (κ2) is 11.4. The summed E-state index contributed by atoms with van der Waals surface area (Å²) in [6, 6.07) is 9.26. The van der Waals surface area contributed by atoms with Crippen LogP contribution in [0, 0.1) is 0 Å². The van der Waals surface area contributed by atoms with Crippen LogP contribution in [0.1, 0.15) is 18.1 Å². The van der Waals surface area contributed by atoms with E-state index in [2.05, 4.69) is 0 Å². The smallest absolute Gasteiger partial charge is 0.246 e. The van der Waals surface area contributed by atoms with Gasteiger partial charge in [-0.1, -0.05) is 17.7 Å². The lowest BCUT2D eigenvalue weighted by atomic mass is 10.1. The molecular formula is C23H28ClNO5. The van der Waals surface area contributed by atoms with E-state index in [1.165, 1.54) is 6.08 Å². The van der Waals surface area contributed by atoms with Gasteiger partial charge in [-0.25, -0.2) is 0 Å². The summed E-state index contributed by atoms with van der Waals surface area (Å²) in [5.74, 6) is 2.26. The maximum absolute atomic E-state index is 12.5. The fourth-order valence-corrected chi connectivity index (χ4v) is 3.13. The maximum atomic E-state index is 12.5. The summed E-state index contributed by atoms with van der Waals surface area (Å²) < 4.78 is 21.4. The van der Waals surface area contributed by atoms with Crippen LogP contribution in [-0.4, -0.2) is 52.3 Å². The monoisotopic (exact) mass is 433 g/mol. The van der Waals surface area contributed by atoms with Crippen LogP contribution in [0.15, 0.2) is 36.4 Å². The molecule has 0 heterocycles. The van der Waals surface area contributed by atoms with Gasteiger partial charge in [0.1, 0.15) is 0 Å². The zero-order valence-corrected chi connectivity index (χ0v) is 18.8. The lowest BCUT2D eigenvalue weighted by Gasteiger charge is -2.16. The third-order valence-electron chi connectivity index (χ3n) is 4.52. The number of nitrogens with zero attached hydrogens (tertiary/aromatic N) is 1. The molecule has 0 aliphatic carbocycles. The van der Waals surface area contributed by atoms with Crippen LogP contribution in [0.5, 0.6) is 23.0 Å². The molecule has 0 fully saturated rings. The normalized spacial score (nSPS) is 10.7. The highest BCUT2D eigenvalue weighted by atomic mass is 35.5. The van der Waals surface area contributed by atoms with Gasteiger partial charge in [0, 0.05) is 19.7 Å². The van der Waals surface area contributed by atoms with Crippen LogP contribution in [0.25, 0.3) is 6.08 Å². The molecule has 0 bridgehead atoms. The number of hydrogen-bond donors (Lipinski definition) is 0. The van der Waals surface area contributed by atoms with Crippen molar-refractivity contribution in [1.29, 1.82) is 0 Å². The van der Waals surface area contributed by atoms with Crippen LogP contribution in [0.2, 0.25) is 5.02 Å². The van der Waals surface area contributed by atoms with E-state index < -0.39 is 0 Å². The molecule has 2 aromatic rings. The number of rotatable bonds is 10. The van der Waals surface area contributed by atoms with Crippen molar-refractivity contribution in [3.8, 4) is 23.0 Å². The van der Waals surface area contributed by atoms with Crippen molar-refractivity contribution in [2.75, 3.05) is 41.5 Å². The highest BCUT2D eigenvalue weighted by Crippen LogP contribution is 2.36. The summed E-state index contributed by atoms with van der Waals surface area (Å²) in [6.45, 7) is 2.92. The zero-order chi connectivity index (χ0) is 22.1. The van der Waals surface area contributed by atoms with Gasteiger partial charge in [0.15, 0.2) is 23.0 Å². The number of amides is 1. The van der Waals surface area contributed by atoms with Crippen molar-refractivity contribution in [3.63, 3.8) is 0 Å². The van der Waals surface area contributed by atoms with Gasteiger partial charge in [0.25, 0.3) is 0 Å². The molecule has 0 aliphatic rings. The fraction of sp³-hybridized carbons (Fsp3) is 0.348. The van der Waals surface area contributed by atoms with E-state index in [-0.39, 0.29) is 5.91 Å². The van der Waals surface area contributed by atoms with Gasteiger partial charge in [0.05, 0.1) is 33.0 Å². The number of methoxy groups -OCH3 is 3. The largest absolute Gasteiger partial charge is 0.493 e. The predicted molar refractivity (Wildman–Crippen MR) is 119 cm³/mol. The Kier molecular flexibility index (Phi) is 8.87. The molecule has 0 atom stereocenters. The third kappa shape index (κ3) is 6.07. The first-order valence-electron chi connectivity index (χ1n) is 9.57. The van der Waals surface area contributed by atoms with Crippen molar-refractivity contribution in [2.45, 2.75) is 13.3 Å². The Hall–Kier alpha value is -2.86. The molecule has 0 aromatic heterocycles. The summed E-state index contributed by atoms with van der Waals surface area (Å²) in [5.41, 5.74) is 1.81. The number of benzene rings is 2. The van der Waals surface area contributed by atoms with Gasteiger partial charge in [-0.15, -0.1) is 0 Å². The molecule has 0 spiro atoms. The molecule has 0 saturated carbocycles. The molecule has 7 heteroatoms. The summed E-state index contributed by atoms with van der Waals surface area (Å²) in [5, 5.41) is 0.435. The lowest BCUT2D eigenvalue weighted by Crippen LogP contribution is -2.27. The van der Waals surface area contributed by atoms with Gasteiger partial charge in [-0.05, 0) is 54.8 Å². The second-order valence-electron chi connectivity index (χ2n) is 6.50. The molecule has 1 amide bonds. The van der Waals surface area contributed by atoms with Gasteiger partial charge in [0.2, 0.25) is 5.91 Å². The van der Waals surface area contributed by atoms with E-state index in [0.717, 1.165) is 11.1 Å². The van der Waals surface area contributed by atoms with Crippen molar-refractivity contribution >= 4 is 23.6 Å². The Morgan fingerprint density at radius 3 is 2.37 bits per heavy atom. The quantitative estimate of drug-likeness (QED) is 0.517. The molecule has 2 rings (SSSR count). The number of carbonyl (C=O) groups is 1. The van der Waals surface area contributed by atoms with E-state index >= 15 is 0 Å². The minimum Gasteiger partial charge on any atom is -0.493 e. The topological polar surface area (TPSA) is 57.2 Å². The first kappa shape index (κ1) is 23.4. The van der Waals surface area contributed by atoms with Gasteiger partial charge in [-0.3, -0.25) is 4.79 Å². The molecule has 162 valence electrons. The first-order chi connectivity index (χ1) is 14.4. The summed E-state index contributed by atoms with van der Waals surface area (Å²) in [6.07, 6.45) is 3.92. The fourth-order valence-electron chi connectivity index (χ4n) is 2.86. The van der Waals surface area contributed by atoms with Crippen LogP contribution < -0.4 is 18.9 Å². The lowest BCUT2D eigenvalue weighted by molar-refractivity contribution is -0.124. The summed E-state index contributed by atoms with van der Waals surface area (Å²) in [4.78, 5) is 14.1. The number of carbonyl (C=O) groups excluding carboxylic acids is 1. The average molecular weight is 434 g/mol. The standard InChI is InChI=1S/C23H28ClNO5/c1-6-30-23-18(24)13-17(15-21(23)29-5)8-10-22(26)25(2)12-11-16-7-9-19(27-3)20(14-16)28-4/h7-10,13-15H,6,11-12H2,1-5H3/b10-8+. The number of ether oxygens (including phenoxy) is 4. The molecule has 0 aliphatic heterocycles. The number of hydrogen-bond acceptors (Lipinski definition) is 5. The number of likely N-dealkylation sites (N-methyl/N-ethyl adjacent to an activating group) is 1. The average Bonchev–Trinajstić information content (AvgIpc) is 2.76. The molecule has 0 unspecified atom stereocenters. The van der Waals surface area contributed by atoms with E-state index in [0.29, 0.717) is 47.6 Å². The Bertz CT molecular complexity index is 897. The van der Waals surface area contributed by atoms with Crippen molar-refractivity contribution in [1.82, 2.24) is 4.90 Å². The molecule has 2 aromatic carbocycles. The minimum absolute atomic E-state index is 0.112. The highest BCUT2D eigenvalue weighted by molar-refractivity contribution is 6.32. The second-order valence-corrected chi connectivity index (χ2v) is 6.91. The minimum atomic E-state index is -0.112. The van der Waals surface area contributed by atoms with Crippen LogP contribution in [0.4, 0.5) is 0 Å². The van der Waals surface area contributed by atoms with E-state index in [1.54, 1.807) is 51.5 Å². The molecular weight excluding hydrogens is 406 g/mol. The highest BCUT2D eigenvalue weighted by Gasteiger charge is 2.12. The molecule has 0 saturated heterocycles. The van der Waals surface area contributed by atoms with Gasteiger partial charge >= 0.3 is 0 Å². The zero-order valence-electron chi connectivity index (χ0n) is 18.0. The molecule has 30 heavy (non-hydrogen) atoms. The number of halogens is 1. The Labute approximate surface area is 182 Å². The molecule has 6 nitrogen and oxygen atoms in total. The van der Waals surface area contributed by atoms with E-state index in [1.807, 2.05) is 25.1 Å². The maximum Gasteiger partial charge on any atom is 0.246 e. The third-order valence-corrected chi connectivity index (χ3v) is 4.80. The molecule has 0 N–H and O–H groups in total. The Balaban J connectivity index is 2.02. The molecule has 0 radical (unpaired) electrons. The Morgan fingerprint density at radius 2 is 1.73 bits per heavy atom. The SMILES string of the molecule is CCOc1c(Cl)cc(/C=C/C(=O)N(C)CCc2ccc(OC)c(OC)c2)cc1OC. The van der Waals surface area contributed by atoms with Gasteiger partial charge in [-0.2, -0.15) is 0 Å². The van der Waals surface area contributed by atoms with Crippen LogP contribution in [0.3, 0.4) is 0 Å². The van der Waals surface area contributed by atoms with Crippen LogP contribution >= 0.6 is 11.6 Å². The van der Waals surface area contributed by atoms with E-state index in [9.17, 15) is 4.79 Å². The van der Waals surface area contributed by atoms with Crippen molar-refractivity contribution in [2.24, 2.45) is 0 Å².